The number of esters is 2. The fourth-order valence-corrected chi connectivity index (χ4v) is 10.8. The lowest BCUT2D eigenvalue weighted by Crippen LogP contribution is -2.40. The van der Waals surface area contributed by atoms with Crippen molar-refractivity contribution < 1.29 is 42.9 Å². The minimum Gasteiger partial charge on any atom is -0.477 e. The second-order valence-corrected chi connectivity index (χ2v) is 26.2. The lowest BCUT2D eigenvalue weighted by molar-refractivity contribution is -0.870. The van der Waals surface area contributed by atoms with Crippen molar-refractivity contribution in [3.8, 4) is 0 Å². The summed E-state index contributed by atoms with van der Waals surface area (Å²) in [6.45, 7) is 4.81. The lowest BCUT2D eigenvalue weighted by Gasteiger charge is -2.25. The highest BCUT2D eigenvalue weighted by Gasteiger charge is 2.25. The smallest absolute Gasteiger partial charge is 0.361 e. The summed E-state index contributed by atoms with van der Waals surface area (Å²) in [5.41, 5.74) is 0. The van der Waals surface area contributed by atoms with Gasteiger partial charge in [0.15, 0.2) is 6.10 Å². The number of carboxylic acids is 1. The van der Waals surface area contributed by atoms with Crippen LogP contribution in [0.1, 0.15) is 341 Å². The number of nitrogens with zero attached hydrogens (tertiary/aromatic N) is 1. The Balaban J connectivity index is 4.08. The van der Waals surface area contributed by atoms with Gasteiger partial charge < -0.3 is 28.5 Å². The topological polar surface area (TPSA) is 108 Å². The number of hydrogen-bond donors (Lipinski definition) is 1. The van der Waals surface area contributed by atoms with E-state index in [2.05, 4.69) is 98.9 Å². The van der Waals surface area contributed by atoms with Gasteiger partial charge in [0.2, 0.25) is 0 Å². The lowest BCUT2D eigenvalue weighted by atomic mass is 10.0. The molecule has 2 unspecified atom stereocenters. The minimum atomic E-state index is -1.51. The first-order valence-corrected chi connectivity index (χ1v) is 37.3. The van der Waals surface area contributed by atoms with Gasteiger partial charge in [0.1, 0.15) is 13.2 Å². The molecule has 510 valence electrons. The molecular formula is C79H142NO8+. The molecule has 0 amide bonds. The molecule has 88 heavy (non-hydrogen) atoms. The monoisotopic (exact) mass is 1230 g/mol. The summed E-state index contributed by atoms with van der Waals surface area (Å²) in [6, 6.07) is 0. The molecule has 0 rings (SSSR count). The van der Waals surface area contributed by atoms with Crippen molar-refractivity contribution in [3.05, 3.63) is 85.1 Å². The molecule has 0 aromatic heterocycles. The van der Waals surface area contributed by atoms with Crippen LogP contribution in [0.3, 0.4) is 0 Å². The number of hydrogen-bond acceptors (Lipinski definition) is 7. The molecule has 0 radical (unpaired) electrons. The number of carbonyl (C=O) groups is 3. The highest BCUT2D eigenvalue weighted by Crippen LogP contribution is 2.19. The van der Waals surface area contributed by atoms with Crippen LogP contribution in [-0.4, -0.2) is 87.4 Å². The van der Waals surface area contributed by atoms with Crippen LogP contribution in [0, 0.1) is 0 Å². The van der Waals surface area contributed by atoms with Crippen molar-refractivity contribution >= 4 is 17.9 Å². The minimum absolute atomic E-state index is 0.182. The zero-order valence-electron chi connectivity index (χ0n) is 58.4. The largest absolute Gasteiger partial charge is 0.477 e. The first-order chi connectivity index (χ1) is 43.1. The molecule has 0 aliphatic rings. The number of carboxylic acid groups (broad SMARTS) is 1. The molecule has 0 aromatic carbocycles. The van der Waals surface area contributed by atoms with Crippen molar-refractivity contribution in [1.29, 1.82) is 0 Å². The normalized spacial score (nSPS) is 13.1. The van der Waals surface area contributed by atoms with Crippen LogP contribution in [0.25, 0.3) is 0 Å². The Bertz CT molecular complexity index is 1720. The van der Waals surface area contributed by atoms with E-state index in [9.17, 15) is 19.5 Å². The molecular weight excluding hydrogens is 1090 g/mol. The number of unbranched alkanes of at least 4 members (excludes halogenated alkanes) is 40. The second-order valence-electron chi connectivity index (χ2n) is 26.2. The Morgan fingerprint density at radius 3 is 0.966 bits per heavy atom. The van der Waals surface area contributed by atoms with Crippen LogP contribution >= 0.6 is 0 Å². The molecule has 0 saturated heterocycles. The summed E-state index contributed by atoms with van der Waals surface area (Å²) in [4.78, 5) is 37.7. The van der Waals surface area contributed by atoms with Gasteiger partial charge in [0.05, 0.1) is 34.4 Å². The predicted molar refractivity (Wildman–Crippen MR) is 378 cm³/mol. The first-order valence-electron chi connectivity index (χ1n) is 37.3. The van der Waals surface area contributed by atoms with Gasteiger partial charge in [0, 0.05) is 12.8 Å². The zero-order chi connectivity index (χ0) is 64.0. The molecule has 0 saturated carbocycles. The number of quaternary nitrogens is 1. The molecule has 0 fully saturated rings. The third-order valence-electron chi connectivity index (χ3n) is 16.4. The van der Waals surface area contributed by atoms with E-state index in [1.807, 2.05) is 21.1 Å². The van der Waals surface area contributed by atoms with Crippen LogP contribution < -0.4 is 0 Å². The van der Waals surface area contributed by atoms with Gasteiger partial charge in [-0.05, 0) is 70.6 Å². The van der Waals surface area contributed by atoms with Crippen molar-refractivity contribution in [3.63, 3.8) is 0 Å². The molecule has 0 spiro atoms. The quantitative estimate of drug-likeness (QED) is 0.0211. The molecule has 0 heterocycles. The van der Waals surface area contributed by atoms with Crippen LogP contribution in [0.15, 0.2) is 85.1 Å². The number of likely N-dealkylation sites (N-methyl/N-ethyl adjacent to an activating group) is 1. The average Bonchev–Trinajstić information content (AvgIpc) is 3.62. The van der Waals surface area contributed by atoms with E-state index in [4.69, 9.17) is 18.9 Å². The maximum atomic E-state index is 13.0. The molecule has 0 aromatic rings. The number of carbonyl (C=O) groups excluding carboxylic acids is 2. The van der Waals surface area contributed by atoms with Crippen molar-refractivity contribution in [2.45, 2.75) is 354 Å². The van der Waals surface area contributed by atoms with E-state index in [0.717, 1.165) is 89.9 Å². The molecule has 1 N–H and O–H groups in total. The van der Waals surface area contributed by atoms with E-state index >= 15 is 0 Å². The van der Waals surface area contributed by atoms with E-state index < -0.39 is 24.3 Å². The van der Waals surface area contributed by atoms with Gasteiger partial charge >= 0.3 is 17.9 Å². The van der Waals surface area contributed by atoms with Crippen molar-refractivity contribution in [2.24, 2.45) is 0 Å². The van der Waals surface area contributed by atoms with Crippen LogP contribution in [0.4, 0.5) is 0 Å². The van der Waals surface area contributed by atoms with Crippen LogP contribution in [0.2, 0.25) is 0 Å². The van der Waals surface area contributed by atoms with Crippen LogP contribution in [-0.2, 0) is 33.3 Å². The molecule has 0 aliphatic carbocycles. The first kappa shape index (κ1) is 84.5. The Morgan fingerprint density at radius 1 is 0.352 bits per heavy atom. The average molecular weight is 1230 g/mol. The Morgan fingerprint density at radius 2 is 0.648 bits per heavy atom. The summed E-state index contributed by atoms with van der Waals surface area (Å²) in [6.07, 6.45) is 91.4. The number of allylic oxidation sites excluding steroid dienone is 14. The highest BCUT2D eigenvalue weighted by molar-refractivity contribution is 5.71. The highest BCUT2D eigenvalue weighted by atomic mass is 16.7. The van der Waals surface area contributed by atoms with Gasteiger partial charge in [-0.2, -0.15) is 0 Å². The van der Waals surface area contributed by atoms with Crippen molar-refractivity contribution in [1.82, 2.24) is 0 Å². The standard InChI is InChI=1S/C79H141NO8/c1-6-8-10-12-14-16-18-20-22-24-26-28-30-32-34-36-38-39-40-42-44-46-48-50-52-54-56-58-60-62-64-66-68-70-77(82)88-75(74-87-79(78(83)84)85-72-71-80(3,4)5)73-86-76(81)69-67-65-63-61-59-57-55-53-51-49-47-45-43-41-37-35-33-31-29-27-25-23-21-19-17-15-13-11-9-7-2/h8,10,14,16,20,22,26,28,32,34,38-39,42,44,75,79H,6-7,9,11-13,15,17-19,21,23-25,27,29-31,33,35-37,40-41,43,45-74H2,1-5H3/p+1/b10-8-,16-14-,22-20-,28-26-,34-32-,39-38-,44-42-. The molecule has 2 atom stereocenters. The van der Waals surface area contributed by atoms with Gasteiger partial charge in [-0.15, -0.1) is 0 Å². The summed E-state index contributed by atoms with van der Waals surface area (Å²) in [5.74, 6) is -1.99. The number of rotatable bonds is 69. The maximum absolute atomic E-state index is 13.0. The fraction of sp³-hybridized carbons (Fsp3) is 0.785. The molecule has 0 bridgehead atoms. The number of ether oxygens (including phenoxy) is 4. The van der Waals surface area contributed by atoms with E-state index in [0.29, 0.717) is 23.9 Å². The van der Waals surface area contributed by atoms with Gasteiger partial charge in [-0.1, -0.05) is 343 Å². The number of aliphatic carboxylic acids is 1. The maximum Gasteiger partial charge on any atom is 0.361 e. The van der Waals surface area contributed by atoms with Crippen LogP contribution in [0.5, 0.6) is 0 Å². The van der Waals surface area contributed by atoms with E-state index in [-0.39, 0.29) is 32.2 Å². The molecule has 0 aliphatic heterocycles. The third kappa shape index (κ3) is 69.9. The van der Waals surface area contributed by atoms with Gasteiger partial charge in [0.25, 0.3) is 6.29 Å². The van der Waals surface area contributed by atoms with Crippen molar-refractivity contribution in [2.75, 3.05) is 47.5 Å². The van der Waals surface area contributed by atoms with E-state index in [1.54, 1.807) is 0 Å². The molecule has 9 nitrogen and oxygen atoms in total. The SMILES string of the molecule is CC/C=C\C/C=C\C/C=C\C/C=C\C/C=C\C/C=C\C/C=C\CCCCCCCCCCCCCC(=O)OC(COC(=O)CCCCCCCCCCCCCCCCCCCCCCCCCCCCCCCC)COC(OCC[N+](C)(C)C)C(=O)O. The second kappa shape index (κ2) is 69.4. The Labute approximate surface area is 544 Å². The summed E-state index contributed by atoms with van der Waals surface area (Å²) in [7, 11) is 5.98. The summed E-state index contributed by atoms with van der Waals surface area (Å²) in [5, 5.41) is 9.76. The molecule has 9 heteroatoms. The van der Waals surface area contributed by atoms with Gasteiger partial charge in [-0.3, -0.25) is 9.59 Å². The van der Waals surface area contributed by atoms with Gasteiger partial charge in [-0.25, -0.2) is 4.79 Å². The Kier molecular flexibility index (Phi) is 66.6. The summed E-state index contributed by atoms with van der Waals surface area (Å²) >= 11 is 0. The Hall–Kier alpha value is -3.53. The summed E-state index contributed by atoms with van der Waals surface area (Å²) < 4.78 is 23.0. The predicted octanol–water partition coefficient (Wildman–Crippen LogP) is 23.4. The van der Waals surface area contributed by atoms with E-state index in [1.165, 1.54) is 218 Å². The third-order valence-corrected chi connectivity index (χ3v) is 16.4. The fourth-order valence-electron chi connectivity index (χ4n) is 10.8. The zero-order valence-corrected chi connectivity index (χ0v) is 58.4.